The molecule has 37 heavy (non-hydrogen) atoms. The van der Waals surface area contributed by atoms with Crippen LogP contribution >= 0.6 is 0 Å². The fourth-order valence-electron chi connectivity index (χ4n) is 5.66. The predicted octanol–water partition coefficient (Wildman–Crippen LogP) is 10.5. The summed E-state index contributed by atoms with van der Waals surface area (Å²) < 4.78 is 0. The molecule has 0 atom stereocenters. The van der Waals surface area contributed by atoms with Gasteiger partial charge in [0.2, 0.25) is 0 Å². The number of aryl methyl sites for hydroxylation is 1. The second-order valence-corrected chi connectivity index (χ2v) is 9.86. The Labute approximate surface area is 217 Å². The highest BCUT2D eigenvalue weighted by Gasteiger charge is 2.12. The quantitative estimate of drug-likeness (QED) is 0.241. The summed E-state index contributed by atoms with van der Waals surface area (Å²) in [5.74, 6) is 0. The van der Waals surface area contributed by atoms with Gasteiger partial charge in [0.25, 0.3) is 0 Å². The molecule has 0 amide bonds. The molecule has 0 nitrogen and oxygen atoms in total. The van der Waals surface area contributed by atoms with Crippen molar-refractivity contribution in [2.45, 2.75) is 6.92 Å². The van der Waals surface area contributed by atoms with E-state index in [1.54, 1.807) is 0 Å². The van der Waals surface area contributed by atoms with Crippen molar-refractivity contribution in [3.8, 4) is 33.4 Å². The van der Waals surface area contributed by atoms with Crippen molar-refractivity contribution in [2.24, 2.45) is 0 Å². The van der Waals surface area contributed by atoms with E-state index in [0.29, 0.717) is 0 Å². The Morgan fingerprint density at radius 2 is 0.784 bits per heavy atom. The van der Waals surface area contributed by atoms with E-state index in [1.165, 1.54) is 71.3 Å². The highest BCUT2D eigenvalue weighted by molar-refractivity contribution is 6.06. The molecule has 0 unspecified atom stereocenters. The van der Waals surface area contributed by atoms with Crippen LogP contribution in [0, 0.1) is 6.92 Å². The third-order valence-electron chi connectivity index (χ3n) is 7.58. The van der Waals surface area contributed by atoms with Crippen LogP contribution < -0.4 is 0 Å². The zero-order valence-electron chi connectivity index (χ0n) is 20.8. The largest absolute Gasteiger partial charge is 0.0616 e. The zero-order valence-corrected chi connectivity index (χ0v) is 20.8. The molecule has 0 heterocycles. The Morgan fingerprint density at radius 3 is 1.46 bits per heavy atom. The lowest BCUT2D eigenvalue weighted by Gasteiger charge is -2.15. The molecule has 0 aromatic heterocycles. The molecule has 0 N–H and O–H groups in total. The van der Waals surface area contributed by atoms with Crippen molar-refractivity contribution in [3.05, 3.63) is 145 Å². The van der Waals surface area contributed by atoms with E-state index in [1.807, 2.05) is 0 Å². The molecular weight excluding hydrogens is 444 g/mol. The average Bonchev–Trinajstić information content (AvgIpc) is 2.96. The van der Waals surface area contributed by atoms with Gasteiger partial charge in [0.1, 0.15) is 0 Å². The summed E-state index contributed by atoms with van der Waals surface area (Å²) in [6, 6.07) is 50.9. The van der Waals surface area contributed by atoms with Gasteiger partial charge >= 0.3 is 0 Å². The van der Waals surface area contributed by atoms with Crippen LogP contribution in [-0.4, -0.2) is 0 Å². The van der Waals surface area contributed by atoms with Crippen LogP contribution in [-0.2, 0) is 0 Å². The Balaban J connectivity index is 1.34. The molecular formula is C37H26. The van der Waals surface area contributed by atoms with Crippen molar-refractivity contribution in [1.82, 2.24) is 0 Å². The molecule has 0 aliphatic carbocycles. The van der Waals surface area contributed by atoms with E-state index in [2.05, 4.69) is 146 Å². The molecule has 0 fully saturated rings. The van der Waals surface area contributed by atoms with Crippen LogP contribution in [0.2, 0.25) is 0 Å². The highest BCUT2D eigenvalue weighted by Crippen LogP contribution is 2.38. The first-order valence-corrected chi connectivity index (χ1v) is 12.9. The normalized spacial score (nSPS) is 11.4. The van der Waals surface area contributed by atoms with Gasteiger partial charge in [-0.25, -0.2) is 0 Å². The number of rotatable bonds is 3. The number of fused-ring (bicyclic) bond motifs is 3. The van der Waals surface area contributed by atoms with Gasteiger partial charge < -0.3 is 0 Å². The second kappa shape index (κ2) is 8.76. The Kier molecular flexibility index (Phi) is 5.11. The first kappa shape index (κ1) is 21.6. The molecule has 0 saturated carbocycles. The number of hydrogen-bond acceptors (Lipinski definition) is 0. The summed E-state index contributed by atoms with van der Waals surface area (Å²) in [4.78, 5) is 0. The van der Waals surface area contributed by atoms with Crippen molar-refractivity contribution in [3.63, 3.8) is 0 Å². The molecule has 0 bridgehead atoms. The Bertz CT molecular complexity index is 1940. The topological polar surface area (TPSA) is 0 Å². The molecule has 7 aromatic carbocycles. The van der Waals surface area contributed by atoms with Crippen LogP contribution in [0.3, 0.4) is 0 Å². The van der Waals surface area contributed by atoms with Crippen molar-refractivity contribution < 1.29 is 0 Å². The Morgan fingerprint density at radius 1 is 0.324 bits per heavy atom. The minimum Gasteiger partial charge on any atom is -0.0616 e. The van der Waals surface area contributed by atoms with Gasteiger partial charge in [0.15, 0.2) is 0 Å². The maximum absolute atomic E-state index is 2.32. The van der Waals surface area contributed by atoms with Crippen molar-refractivity contribution in [1.29, 1.82) is 0 Å². The maximum Gasteiger partial charge on any atom is -0.00991 e. The maximum atomic E-state index is 2.32. The smallest absolute Gasteiger partial charge is 0.00991 e. The summed E-state index contributed by atoms with van der Waals surface area (Å²) >= 11 is 0. The van der Waals surface area contributed by atoms with Crippen molar-refractivity contribution >= 4 is 32.3 Å². The van der Waals surface area contributed by atoms with Gasteiger partial charge in [0, 0.05) is 0 Å². The van der Waals surface area contributed by atoms with Crippen LogP contribution in [0.4, 0.5) is 0 Å². The summed E-state index contributed by atoms with van der Waals surface area (Å²) in [5, 5.41) is 7.67. The summed E-state index contributed by atoms with van der Waals surface area (Å²) in [5.41, 5.74) is 8.89. The number of benzene rings is 7. The third-order valence-corrected chi connectivity index (χ3v) is 7.58. The van der Waals surface area contributed by atoms with E-state index in [-0.39, 0.29) is 0 Å². The van der Waals surface area contributed by atoms with Gasteiger partial charge in [-0.05, 0) is 90.3 Å². The Hall–Kier alpha value is -4.68. The molecule has 0 aliphatic rings. The van der Waals surface area contributed by atoms with E-state index in [0.717, 1.165) is 0 Å². The average molecular weight is 471 g/mol. The van der Waals surface area contributed by atoms with Gasteiger partial charge in [-0.1, -0.05) is 127 Å². The number of hydrogen-bond donors (Lipinski definition) is 0. The van der Waals surface area contributed by atoms with Crippen LogP contribution in [0.15, 0.2) is 140 Å². The zero-order chi connectivity index (χ0) is 24.8. The lowest BCUT2D eigenvalue weighted by Crippen LogP contribution is -1.90. The molecule has 174 valence electrons. The lowest BCUT2D eigenvalue weighted by molar-refractivity contribution is 1.46. The molecule has 0 saturated heterocycles. The minimum absolute atomic E-state index is 1.25. The SMILES string of the molecule is Cc1cc(-c2ccc3ccccc3c2)ccc1-c1ccc(-c2ccc3ccccc3c2)c2ccccc12. The van der Waals surface area contributed by atoms with Crippen molar-refractivity contribution in [2.75, 3.05) is 0 Å². The van der Waals surface area contributed by atoms with Gasteiger partial charge in [-0.15, -0.1) is 0 Å². The fraction of sp³-hybridized carbons (Fsp3) is 0.0270. The van der Waals surface area contributed by atoms with E-state index < -0.39 is 0 Å². The summed E-state index contributed by atoms with van der Waals surface area (Å²) in [6.07, 6.45) is 0. The van der Waals surface area contributed by atoms with Gasteiger partial charge in [-0.3, -0.25) is 0 Å². The van der Waals surface area contributed by atoms with Crippen LogP contribution in [0.25, 0.3) is 65.7 Å². The summed E-state index contributed by atoms with van der Waals surface area (Å²) in [6.45, 7) is 2.23. The molecule has 0 heteroatoms. The second-order valence-electron chi connectivity index (χ2n) is 9.86. The van der Waals surface area contributed by atoms with Gasteiger partial charge in [0.05, 0.1) is 0 Å². The predicted molar refractivity (Wildman–Crippen MR) is 160 cm³/mol. The van der Waals surface area contributed by atoms with E-state index in [4.69, 9.17) is 0 Å². The van der Waals surface area contributed by atoms with E-state index in [9.17, 15) is 0 Å². The van der Waals surface area contributed by atoms with Gasteiger partial charge in [-0.2, -0.15) is 0 Å². The first-order valence-electron chi connectivity index (χ1n) is 12.9. The molecule has 0 radical (unpaired) electrons. The van der Waals surface area contributed by atoms with E-state index >= 15 is 0 Å². The monoisotopic (exact) mass is 470 g/mol. The minimum atomic E-state index is 1.25. The van der Waals surface area contributed by atoms with Crippen LogP contribution in [0.5, 0.6) is 0 Å². The first-order chi connectivity index (χ1) is 18.2. The third kappa shape index (κ3) is 3.79. The molecule has 7 rings (SSSR count). The molecule has 0 aliphatic heterocycles. The molecule has 7 aromatic rings. The van der Waals surface area contributed by atoms with Crippen LogP contribution in [0.1, 0.15) is 5.56 Å². The molecule has 0 spiro atoms. The fourth-order valence-corrected chi connectivity index (χ4v) is 5.66. The standard InChI is InChI=1S/C37H26/c1-25-22-30(31-16-14-26-8-2-4-10-28(26)23-31)18-19-33(25)37-21-20-34(35-12-6-7-13-36(35)37)32-17-15-27-9-3-5-11-29(27)24-32/h2-24H,1H3. The lowest BCUT2D eigenvalue weighted by atomic mass is 9.89. The highest BCUT2D eigenvalue weighted by atomic mass is 14.2. The summed E-state index contributed by atoms with van der Waals surface area (Å²) in [7, 11) is 0.